The topological polar surface area (TPSA) is 32.9 Å². The summed E-state index contributed by atoms with van der Waals surface area (Å²) in [7, 11) is 0. The molecule has 1 aromatic heterocycles. The maximum atomic E-state index is 11.5. The largest absolute Gasteiger partial charge is 0.358 e. The molecule has 2 aromatic rings. The molecule has 0 spiro atoms. The fourth-order valence-electron chi connectivity index (χ4n) is 2.63. The molecular weight excluding hydrogens is 186 g/mol. The van der Waals surface area contributed by atoms with E-state index in [9.17, 15) is 4.79 Å². The maximum absolute atomic E-state index is 11.5. The zero-order valence-electron chi connectivity index (χ0n) is 8.71. The first-order valence-electron chi connectivity index (χ1n) is 5.37. The van der Waals surface area contributed by atoms with Gasteiger partial charge in [0.2, 0.25) is 0 Å². The fourth-order valence-corrected chi connectivity index (χ4v) is 2.63. The Kier molecular flexibility index (Phi) is 1.72. The van der Waals surface area contributed by atoms with Gasteiger partial charge in [0.05, 0.1) is 5.92 Å². The molecule has 15 heavy (non-hydrogen) atoms. The molecule has 0 radical (unpaired) electrons. The van der Waals surface area contributed by atoms with Crippen molar-refractivity contribution >= 4 is 16.7 Å². The van der Waals surface area contributed by atoms with Crippen molar-refractivity contribution in [3.63, 3.8) is 0 Å². The monoisotopic (exact) mass is 199 g/mol. The lowest BCUT2D eigenvalue weighted by Gasteiger charge is -2.03. The highest BCUT2D eigenvalue weighted by molar-refractivity contribution is 5.91. The summed E-state index contributed by atoms with van der Waals surface area (Å²) in [6, 6.07) is 8.28. The molecule has 1 unspecified atom stereocenters. The van der Waals surface area contributed by atoms with Crippen LogP contribution in [0, 0.1) is 0 Å². The highest BCUT2D eigenvalue weighted by atomic mass is 16.1. The van der Waals surface area contributed by atoms with Crippen LogP contribution in [0.2, 0.25) is 0 Å². The first-order valence-corrected chi connectivity index (χ1v) is 5.37. The van der Waals surface area contributed by atoms with Crippen LogP contribution in [0.25, 0.3) is 10.9 Å². The van der Waals surface area contributed by atoms with Crippen LogP contribution in [0.1, 0.15) is 30.5 Å². The van der Waals surface area contributed by atoms with Crippen LogP contribution in [-0.4, -0.2) is 10.8 Å². The van der Waals surface area contributed by atoms with Gasteiger partial charge in [-0.1, -0.05) is 18.2 Å². The molecule has 2 heteroatoms. The van der Waals surface area contributed by atoms with Crippen molar-refractivity contribution in [3.05, 3.63) is 35.5 Å². The smallest absolute Gasteiger partial charge is 0.138 e. The predicted octanol–water partition coefficient (Wildman–Crippen LogP) is 2.79. The van der Waals surface area contributed by atoms with Crippen LogP contribution in [0.4, 0.5) is 0 Å². The average molecular weight is 199 g/mol. The van der Waals surface area contributed by atoms with Gasteiger partial charge in [-0.15, -0.1) is 0 Å². The Morgan fingerprint density at radius 3 is 3.00 bits per heavy atom. The molecule has 3 rings (SSSR count). The zero-order valence-corrected chi connectivity index (χ0v) is 8.71. The summed E-state index contributed by atoms with van der Waals surface area (Å²) in [4.78, 5) is 14.9. The molecule has 1 atom stereocenters. The number of Topliss-reactive ketones (excluding diaryl/α,β-unsaturated/α-hetero) is 1. The van der Waals surface area contributed by atoms with Crippen LogP contribution >= 0.6 is 0 Å². The Bertz CT molecular complexity index is 538. The molecule has 0 amide bonds. The van der Waals surface area contributed by atoms with E-state index in [-0.39, 0.29) is 11.7 Å². The summed E-state index contributed by atoms with van der Waals surface area (Å²) in [5, 5.41) is 1.29. The minimum atomic E-state index is 0.104. The van der Waals surface area contributed by atoms with Crippen LogP contribution in [-0.2, 0) is 11.2 Å². The van der Waals surface area contributed by atoms with Crippen molar-refractivity contribution < 1.29 is 4.79 Å². The van der Waals surface area contributed by atoms with E-state index in [1.807, 2.05) is 6.07 Å². The summed E-state index contributed by atoms with van der Waals surface area (Å²) in [5.74, 6) is 0.382. The molecule has 1 aliphatic rings. The van der Waals surface area contributed by atoms with Crippen molar-refractivity contribution in [1.82, 2.24) is 4.98 Å². The first-order chi connectivity index (χ1) is 7.27. The highest BCUT2D eigenvalue weighted by Gasteiger charge is 2.29. The summed E-state index contributed by atoms with van der Waals surface area (Å²) < 4.78 is 0. The Morgan fingerprint density at radius 2 is 2.20 bits per heavy atom. The third-order valence-corrected chi connectivity index (χ3v) is 3.37. The van der Waals surface area contributed by atoms with Gasteiger partial charge in [0.1, 0.15) is 5.78 Å². The highest BCUT2D eigenvalue weighted by Crippen LogP contribution is 2.37. The van der Waals surface area contributed by atoms with Crippen LogP contribution in [0.3, 0.4) is 0 Å². The number of hydrogen-bond acceptors (Lipinski definition) is 1. The van der Waals surface area contributed by atoms with E-state index in [1.54, 1.807) is 6.92 Å². The van der Waals surface area contributed by atoms with Gasteiger partial charge in [-0.3, -0.25) is 4.79 Å². The molecule has 1 aromatic carbocycles. The number of aromatic amines is 1. The molecule has 1 N–H and O–H groups in total. The third kappa shape index (κ3) is 1.14. The van der Waals surface area contributed by atoms with E-state index < -0.39 is 0 Å². The Morgan fingerprint density at radius 1 is 1.40 bits per heavy atom. The maximum Gasteiger partial charge on any atom is 0.138 e. The van der Waals surface area contributed by atoms with Gasteiger partial charge in [-0.25, -0.2) is 0 Å². The molecule has 0 aliphatic heterocycles. The molecule has 76 valence electrons. The molecule has 2 nitrogen and oxygen atoms in total. The zero-order chi connectivity index (χ0) is 10.4. The number of ketones is 1. The van der Waals surface area contributed by atoms with Crippen molar-refractivity contribution in [1.29, 1.82) is 0 Å². The lowest BCUT2D eigenvalue weighted by Crippen LogP contribution is -2.04. The van der Waals surface area contributed by atoms with E-state index >= 15 is 0 Å². The number of para-hydroxylation sites is 1. The summed E-state index contributed by atoms with van der Waals surface area (Å²) in [5.41, 5.74) is 3.67. The molecule has 0 fully saturated rings. The Hall–Kier alpha value is -1.57. The molecule has 0 saturated heterocycles. The number of aromatic nitrogens is 1. The number of nitrogens with one attached hydrogen (secondary N) is 1. The predicted molar refractivity (Wildman–Crippen MR) is 60.0 cm³/mol. The minimum absolute atomic E-state index is 0.104. The second-order valence-electron chi connectivity index (χ2n) is 4.26. The SMILES string of the molecule is CC(=O)C1CCc2c1[nH]c1ccccc21. The molecule has 1 heterocycles. The molecule has 1 aliphatic carbocycles. The fraction of sp³-hybridized carbons (Fsp3) is 0.308. The van der Waals surface area contributed by atoms with Crippen LogP contribution < -0.4 is 0 Å². The Balaban J connectivity index is 2.25. The summed E-state index contributed by atoms with van der Waals surface area (Å²) >= 11 is 0. The number of benzene rings is 1. The quantitative estimate of drug-likeness (QED) is 0.752. The van der Waals surface area contributed by atoms with Gasteiger partial charge in [0.15, 0.2) is 0 Å². The summed E-state index contributed by atoms with van der Waals surface area (Å²) in [6.45, 7) is 1.69. The van der Waals surface area contributed by atoms with Crippen molar-refractivity contribution in [3.8, 4) is 0 Å². The number of carbonyl (C=O) groups excluding carboxylic acids is 1. The molecule has 0 bridgehead atoms. The molecular formula is C13H13NO. The Labute approximate surface area is 88.3 Å². The van der Waals surface area contributed by atoms with Crippen LogP contribution in [0.5, 0.6) is 0 Å². The molecule has 0 saturated carbocycles. The van der Waals surface area contributed by atoms with E-state index in [0.717, 1.165) is 24.1 Å². The van der Waals surface area contributed by atoms with Gasteiger partial charge < -0.3 is 4.98 Å². The van der Waals surface area contributed by atoms with Crippen molar-refractivity contribution in [2.45, 2.75) is 25.7 Å². The average Bonchev–Trinajstić information content (AvgIpc) is 2.74. The van der Waals surface area contributed by atoms with Gasteiger partial charge in [-0.2, -0.15) is 0 Å². The number of rotatable bonds is 1. The van der Waals surface area contributed by atoms with Crippen molar-refractivity contribution in [2.75, 3.05) is 0 Å². The van der Waals surface area contributed by atoms with Gasteiger partial charge in [-0.05, 0) is 31.4 Å². The first kappa shape index (κ1) is 8.72. The van der Waals surface area contributed by atoms with E-state index in [4.69, 9.17) is 0 Å². The van der Waals surface area contributed by atoms with Crippen molar-refractivity contribution in [2.24, 2.45) is 0 Å². The second-order valence-corrected chi connectivity index (χ2v) is 4.26. The number of hydrogen-bond donors (Lipinski definition) is 1. The second kappa shape index (κ2) is 2.96. The number of fused-ring (bicyclic) bond motifs is 3. The lowest BCUT2D eigenvalue weighted by atomic mass is 10.0. The number of aryl methyl sites for hydroxylation is 1. The van der Waals surface area contributed by atoms with Gasteiger partial charge >= 0.3 is 0 Å². The lowest BCUT2D eigenvalue weighted by molar-refractivity contribution is -0.118. The standard InChI is InChI=1S/C13H13NO/c1-8(15)9-6-7-11-10-4-2-3-5-12(10)14-13(9)11/h2-5,9,14H,6-7H2,1H3. The normalized spacial score (nSPS) is 19.4. The van der Waals surface area contributed by atoms with Gasteiger partial charge in [0.25, 0.3) is 0 Å². The number of carbonyl (C=O) groups is 1. The minimum Gasteiger partial charge on any atom is -0.358 e. The third-order valence-electron chi connectivity index (χ3n) is 3.37. The number of H-pyrrole nitrogens is 1. The van der Waals surface area contributed by atoms with E-state index in [2.05, 4.69) is 23.2 Å². The summed E-state index contributed by atoms with van der Waals surface area (Å²) in [6.07, 6.45) is 2.00. The van der Waals surface area contributed by atoms with E-state index in [0.29, 0.717) is 0 Å². The van der Waals surface area contributed by atoms with Gasteiger partial charge in [0, 0.05) is 16.6 Å². The van der Waals surface area contributed by atoms with E-state index in [1.165, 1.54) is 10.9 Å². The van der Waals surface area contributed by atoms with Crippen LogP contribution in [0.15, 0.2) is 24.3 Å².